The third-order valence-corrected chi connectivity index (χ3v) is 7.37. The summed E-state index contributed by atoms with van der Waals surface area (Å²) in [6, 6.07) is 21.4. The number of ether oxygens (including phenoxy) is 3. The third kappa shape index (κ3) is 7.10. The molecule has 0 spiro atoms. The molecule has 2 N–H and O–H groups in total. The van der Waals surface area contributed by atoms with Gasteiger partial charge in [0.1, 0.15) is 18.2 Å². The van der Waals surface area contributed by atoms with Crippen LogP contribution in [0.2, 0.25) is 0 Å². The summed E-state index contributed by atoms with van der Waals surface area (Å²) < 4.78 is 19.0. The Hall–Kier alpha value is -3.92. The van der Waals surface area contributed by atoms with E-state index in [9.17, 15) is 4.79 Å². The molecule has 5 rings (SSSR count). The van der Waals surface area contributed by atoms with Crippen molar-refractivity contribution < 1.29 is 19.0 Å². The molecule has 1 fully saturated rings. The molecule has 4 aromatic rings. The number of urea groups is 1. The van der Waals surface area contributed by atoms with Crippen LogP contribution in [-0.2, 0) is 14.9 Å². The minimum absolute atomic E-state index is 0.0941. The van der Waals surface area contributed by atoms with Gasteiger partial charge in [-0.25, -0.2) is 9.48 Å². The molecule has 9 nitrogen and oxygen atoms in total. The van der Waals surface area contributed by atoms with Crippen molar-refractivity contribution in [1.82, 2.24) is 14.7 Å². The van der Waals surface area contributed by atoms with Gasteiger partial charge in [0, 0.05) is 49.0 Å². The fourth-order valence-electron chi connectivity index (χ4n) is 5.05. The maximum atomic E-state index is 13.3. The fraction of sp³-hybridized carbons (Fsp3) is 0.394. The summed E-state index contributed by atoms with van der Waals surface area (Å²) in [5.74, 6) is 1.38. The second-order valence-corrected chi connectivity index (χ2v) is 11.7. The molecule has 42 heavy (non-hydrogen) atoms. The molecular formula is C33H41N5O4. The molecule has 3 aromatic carbocycles. The molecular weight excluding hydrogens is 530 g/mol. The first-order valence-electron chi connectivity index (χ1n) is 14.4. The first-order chi connectivity index (χ1) is 20.2. The average molecular weight is 572 g/mol. The van der Waals surface area contributed by atoms with Crippen molar-refractivity contribution in [2.75, 3.05) is 57.2 Å². The third-order valence-electron chi connectivity index (χ3n) is 7.37. The summed E-state index contributed by atoms with van der Waals surface area (Å²) in [6.45, 7) is 12.7. The number of aromatic nitrogens is 2. The van der Waals surface area contributed by atoms with Crippen LogP contribution >= 0.6 is 0 Å². The van der Waals surface area contributed by atoms with Crippen molar-refractivity contribution in [3.05, 3.63) is 78.0 Å². The van der Waals surface area contributed by atoms with Crippen molar-refractivity contribution in [2.45, 2.75) is 39.2 Å². The van der Waals surface area contributed by atoms with Gasteiger partial charge >= 0.3 is 6.03 Å². The normalized spacial score (nSPS) is 16.0. The second kappa shape index (κ2) is 12.9. The van der Waals surface area contributed by atoms with E-state index in [2.05, 4.69) is 36.3 Å². The predicted molar refractivity (Wildman–Crippen MR) is 167 cm³/mol. The molecule has 0 radical (unpaired) electrons. The number of carbonyl (C=O) groups is 1. The Morgan fingerprint density at radius 1 is 1.05 bits per heavy atom. The number of carbonyl (C=O) groups excluding carboxylic acids is 1. The average Bonchev–Trinajstić information content (AvgIpc) is 3.39. The van der Waals surface area contributed by atoms with E-state index in [1.165, 1.54) is 0 Å². The summed E-state index contributed by atoms with van der Waals surface area (Å²) in [5.41, 5.74) is 3.44. The van der Waals surface area contributed by atoms with Gasteiger partial charge in [0.2, 0.25) is 0 Å². The Morgan fingerprint density at radius 2 is 1.81 bits per heavy atom. The Labute approximate surface area is 247 Å². The number of hydrogen-bond donors (Lipinski definition) is 2. The number of methoxy groups -OCH3 is 1. The van der Waals surface area contributed by atoms with Gasteiger partial charge in [0.05, 0.1) is 36.4 Å². The molecule has 2 heterocycles. The molecule has 0 aliphatic carbocycles. The quantitative estimate of drug-likeness (QED) is 0.256. The smallest absolute Gasteiger partial charge is 0.324 e. The number of fused-ring (bicyclic) bond motifs is 1. The van der Waals surface area contributed by atoms with E-state index in [-0.39, 0.29) is 17.6 Å². The van der Waals surface area contributed by atoms with E-state index in [1.54, 1.807) is 11.8 Å². The molecule has 222 valence electrons. The van der Waals surface area contributed by atoms with E-state index in [0.29, 0.717) is 31.3 Å². The summed E-state index contributed by atoms with van der Waals surface area (Å²) in [7, 11) is 1.70. The van der Waals surface area contributed by atoms with E-state index in [1.807, 2.05) is 73.7 Å². The minimum Gasteiger partial charge on any atom is -0.492 e. The number of aryl methyl sites for hydroxylation is 1. The zero-order valence-corrected chi connectivity index (χ0v) is 25.1. The lowest BCUT2D eigenvalue weighted by Gasteiger charge is -2.32. The molecule has 1 aliphatic rings. The predicted octanol–water partition coefficient (Wildman–Crippen LogP) is 6.00. The molecule has 1 saturated heterocycles. The molecule has 1 unspecified atom stereocenters. The largest absolute Gasteiger partial charge is 0.492 e. The highest BCUT2D eigenvalue weighted by molar-refractivity contribution is 6.07. The Bertz CT molecular complexity index is 1510. The molecule has 0 saturated carbocycles. The molecule has 2 amide bonds. The van der Waals surface area contributed by atoms with Gasteiger partial charge in [-0.05, 0) is 31.2 Å². The van der Waals surface area contributed by atoms with Crippen LogP contribution in [0.15, 0.2) is 66.7 Å². The van der Waals surface area contributed by atoms with Gasteiger partial charge in [-0.3, -0.25) is 10.2 Å². The van der Waals surface area contributed by atoms with Crippen LogP contribution in [0.5, 0.6) is 5.75 Å². The van der Waals surface area contributed by atoms with Crippen LogP contribution in [0.1, 0.15) is 32.0 Å². The lowest BCUT2D eigenvalue weighted by atomic mass is 9.92. The summed E-state index contributed by atoms with van der Waals surface area (Å²) in [4.78, 5) is 15.6. The van der Waals surface area contributed by atoms with Gasteiger partial charge in [0.15, 0.2) is 0 Å². The number of amides is 2. The van der Waals surface area contributed by atoms with Crippen molar-refractivity contribution >= 4 is 28.3 Å². The number of nitrogens with zero attached hydrogens (tertiary/aromatic N) is 3. The van der Waals surface area contributed by atoms with Gasteiger partial charge < -0.3 is 19.5 Å². The SMILES string of the molecule is COCC1CN(CCOc2ccc(NC(=O)Nc3cc(C(C)(C)C)nn3-c3ccc(C)cc3)c3ccccc23)CCO1. The molecule has 0 bridgehead atoms. The van der Waals surface area contributed by atoms with Crippen molar-refractivity contribution in [2.24, 2.45) is 0 Å². The highest BCUT2D eigenvalue weighted by Gasteiger charge is 2.22. The maximum Gasteiger partial charge on any atom is 0.324 e. The number of morpholine rings is 1. The van der Waals surface area contributed by atoms with E-state index in [4.69, 9.17) is 19.3 Å². The van der Waals surface area contributed by atoms with E-state index >= 15 is 0 Å². The monoisotopic (exact) mass is 571 g/mol. The van der Waals surface area contributed by atoms with Crippen LogP contribution in [0.4, 0.5) is 16.3 Å². The van der Waals surface area contributed by atoms with Crippen LogP contribution in [0.25, 0.3) is 16.5 Å². The Morgan fingerprint density at radius 3 is 2.55 bits per heavy atom. The summed E-state index contributed by atoms with van der Waals surface area (Å²) in [6.07, 6.45) is 0.0941. The van der Waals surface area contributed by atoms with E-state index < -0.39 is 0 Å². The van der Waals surface area contributed by atoms with Crippen LogP contribution in [0, 0.1) is 6.92 Å². The van der Waals surface area contributed by atoms with Gasteiger partial charge in [-0.1, -0.05) is 62.7 Å². The molecule has 1 aromatic heterocycles. The van der Waals surface area contributed by atoms with Crippen molar-refractivity contribution in [1.29, 1.82) is 0 Å². The van der Waals surface area contributed by atoms with Crippen LogP contribution in [0.3, 0.4) is 0 Å². The maximum absolute atomic E-state index is 13.3. The first kappa shape index (κ1) is 29.6. The minimum atomic E-state index is -0.347. The van der Waals surface area contributed by atoms with Crippen molar-refractivity contribution in [3.8, 4) is 11.4 Å². The van der Waals surface area contributed by atoms with E-state index in [0.717, 1.165) is 53.1 Å². The first-order valence-corrected chi connectivity index (χ1v) is 14.4. The number of benzene rings is 3. The van der Waals surface area contributed by atoms with Crippen LogP contribution in [-0.4, -0.2) is 73.4 Å². The standard InChI is InChI=1S/C33H41N5O4/c1-23-10-12-24(13-11-23)38-31(20-30(36-38)33(2,3)4)35-32(39)34-28-14-15-29(27-9-7-6-8-26(27)28)42-19-17-37-16-18-41-25(21-37)22-40-5/h6-15,20,25H,16-19,21-22H2,1-5H3,(H2,34,35,39). The Balaban J connectivity index is 1.29. The van der Waals surface area contributed by atoms with Gasteiger partial charge in [0.25, 0.3) is 0 Å². The number of rotatable bonds is 9. The number of hydrogen-bond acceptors (Lipinski definition) is 6. The molecule has 9 heteroatoms. The van der Waals surface area contributed by atoms with Gasteiger partial charge in [-0.15, -0.1) is 0 Å². The fourth-order valence-corrected chi connectivity index (χ4v) is 5.05. The highest BCUT2D eigenvalue weighted by Crippen LogP contribution is 2.32. The number of anilines is 2. The Kier molecular flexibility index (Phi) is 9.11. The topological polar surface area (TPSA) is 89.9 Å². The summed E-state index contributed by atoms with van der Waals surface area (Å²) in [5, 5.41) is 12.7. The van der Waals surface area contributed by atoms with Gasteiger partial charge in [-0.2, -0.15) is 5.10 Å². The van der Waals surface area contributed by atoms with Crippen molar-refractivity contribution in [3.63, 3.8) is 0 Å². The molecule has 1 atom stereocenters. The lowest BCUT2D eigenvalue weighted by Crippen LogP contribution is -2.45. The lowest BCUT2D eigenvalue weighted by molar-refractivity contribution is -0.0627. The second-order valence-electron chi connectivity index (χ2n) is 11.7. The molecule has 1 aliphatic heterocycles. The zero-order chi connectivity index (χ0) is 29.7. The highest BCUT2D eigenvalue weighted by atomic mass is 16.5. The number of nitrogens with one attached hydrogen (secondary N) is 2. The summed E-state index contributed by atoms with van der Waals surface area (Å²) >= 11 is 0. The zero-order valence-electron chi connectivity index (χ0n) is 25.1. The van der Waals surface area contributed by atoms with Crippen LogP contribution < -0.4 is 15.4 Å².